The van der Waals surface area contributed by atoms with Crippen LogP contribution in [0.2, 0.25) is 0 Å². The molecule has 1 aromatic rings. The minimum Gasteiger partial charge on any atom is -0.311 e. The largest absolute Gasteiger partial charge is 0.311 e. The molecule has 1 N–H and O–H groups in total. The molecule has 1 aromatic carbocycles. The van der Waals surface area contributed by atoms with Crippen molar-refractivity contribution in [2.75, 3.05) is 13.1 Å². The highest BCUT2D eigenvalue weighted by atomic mass is 79.9. The topological polar surface area (TPSA) is 15.3 Å². The molecular formula is C15H23BrN2. The van der Waals surface area contributed by atoms with Gasteiger partial charge in [0, 0.05) is 29.6 Å². The maximum Gasteiger partial charge on any atom is 0.0234 e. The van der Waals surface area contributed by atoms with Crippen LogP contribution in [-0.4, -0.2) is 30.1 Å². The van der Waals surface area contributed by atoms with Gasteiger partial charge in [0.15, 0.2) is 0 Å². The molecule has 3 heteroatoms. The fourth-order valence-electron chi connectivity index (χ4n) is 2.65. The molecule has 1 atom stereocenters. The Kier molecular flexibility index (Phi) is 5.22. The fraction of sp³-hybridized carbons (Fsp3) is 0.600. The van der Waals surface area contributed by atoms with E-state index in [9.17, 15) is 0 Å². The Morgan fingerprint density at radius 3 is 2.72 bits per heavy atom. The van der Waals surface area contributed by atoms with Crippen LogP contribution >= 0.6 is 15.9 Å². The van der Waals surface area contributed by atoms with Crippen molar-refractivity contribution in [1.82, 2.24) is 10.2 Å². The molecule has 1 saturated heterocycles. The summed E-state index contributed by atoms with van der Waals surface area (Å²) in [6, 6.07) is 9.93. The van der Waals surface area contributed by atoms with Crippen LogP contribution < -0.4 is 5.32 Å². The van der Waals surface area contributed by atoms with Crippen molar-refractivity contribution in [3.63, 3.8) is 0 Å². The molecule has 0 amide bonds. The lowest BCUT2D eigenvalue weighted by Gasteiger charge is -2.34. The van der Waals surface area contributed by atoms with Gasteiger partial charge in [0.05, 0.1) is 0 Å². The standard InChI is InChI=1S/C15H23BrN2/c1-12(2)17-15-4-3-9-18(11-15)10-13-5-7-14(16)8-6-13/h5-8,12,15,17H,3-4,9-11H2,1-2H3. The average molecular weight is 311 g/mol. The Hall–Kier alpha value is -0.380. The van der Waals surface area contributed by atoms with E-state index < -0.39 is 0 Å². The van der Waals surface area contributed by atoms with Crippen molar-refractivity contribution in [3.8, 4) is 0 Å². The molecule has 1 unspecified atom stereocenters. The number of likely N-dealkylation sites (tertiary alicyclic amines) is 1. The molecule has 1 heterocycles. The van der Waals surface area contributed by atoms with Crippen LogP contribution in [0.1, 0.15) is 32.3 Å². The van der Waals surface area contributed by atoms with E-state index in [0.29, 0.717) is 12.1 Å². The highest BCUT2D eigenvalue weighted by molar-refractivity contribution is 9.10. The summed E-state index contributed by atoms with van der Waals surface area (Å²) in [6.45, 7) is 7.94. The smallest absolute Gasteiger partial charge is 0.0234 e. The Bertz CT molecular complexity index is 361. The molecule has 1 aliphatic heterocycles. The van der Waals surface area contributed by atoms with Crippen molar-refractivity contribution in [3.05, 3.63) is 34.3 Å². The van der Waals surface area contributed by atoms with Crippen LogP contribution in [0.25, 0.3) is 0 Å². The zero-order chi connectivity index (χ0) is 13.0. The first-order chi connectivity index (χ1) is 8.63. The highest BCUT2D eigenvalue weighted by Gasteiger charge is 2.19. The van der Waals surface area contributed by atoms with E-state index in [0.717, 1.165) is 11.0 Å². The summed E-state index contributed by atoms with van der Waals surface area (Å²) < 4.78 is 1.16. The summed E-state index contributed by atoms with van der Waals surface area (Å²) in [6.07, 6.45) is 2.62. The Morgan fingerprint density at radius 1 is 1.33 bits per heavy atom. The van der Waals surface area contributed by atoms with E-state index in [4.69, 9.17) is 0 Å². The maximum absolute atomic E-state index is 3.66. The predicted molar refractivity (Wildman–Crippen MR) is 80.7 cm³/mol. The molecule has 1 aliphatic rings. The highest BCUT2D eigenvalue weighted by Crippen LogP contribution is 2.16. The summed E-state index contributed by atoms with van der Waals surface area (Å²) in [5.74, 6) is 0. The van der Waals surface area contributed by atoms with E-state index in [2.05, 4.69) is 64.3 Å². The van der Waals surface area contributed by atoms with Crippen LogP contribution in [0.4, 0.5) is 0 Å². The van der Waals surface area contributed by atoms with E-state index >= 15 is 0 Å². The molecule has 0 bridgehead atoms. The summed E-state index contributed by atoms with van der Waals surface area (Å²) in [7, 11) is 0. The van der Waals surface area contributed by atoms with Gasteiger partial charge in [-0.3, -0.25) is 4.90 Å². The van der Waals surface area contributed by atoms with Gasteiger partial charge in [-0.05, 0) is 37.1 Å². The van der Waals surface area contributed by atoms with Gasteiger partial charge in [-0.2, -0.15) is 0 Å². The third-order valence-electron chi connectivity index (χ3n) is 3.39. The van der Waals surface area contributed by atoms with Gasteiger partial charge in [-0.15, -0.1) is 0 Å². The van der Waals surface area contributed by atoms with Crippen LogP contribution in [0.15, 0.2) is 28.7 Å². The minimum absolute atomic E-state index is 0.586. The molecule has 18 heavy (non-hydrogen) atoms. The van der Waals surface area contributed by atoms with E-state index in [1.165, 1.54) is 31.5 Å². The van der Waals surface area contributed by atoms with Crippen molar-refractivity contribution in [2.45, 2.75) is 45.3 Å². The van der Waals surface area contributed by atoms with Crippen LogP contribution in [0.5, 0.6) is 0 Å². The first-order valence-electron chi connectivity index (χ1n) is 6.86. The SMILES string of the molecule is CC(C)NC1CCCN(Cc2ccc(Br)cc2)C1. The molecule has 0 spiro atoms. The number of rotatable bonds is 4. The monoisotopic (exact) mass is 310 g/mol. The van der Waals surface area contributed by atoms with E-state index in [1.54, 1.807) is 0 Å². The normalized spacial score (nSPS) is 21.4. The van der Waals surface area contributed by atoms with E-state index in [-0.39, 0.29) is 0 Å². The molecule has 100 valence electrons. The van der Waals surface area contributed by atoms with Gasteiger partial charge in [0.1, 0.15) is 0 Å². The predicted octanol–water partition coefficient (Wildman–Crippen LogP) is 3.41. The second-order valence-electron chi connectivity index (χ2n) is 5.52. The molecular weight excluding hydrogens is 288 g/mol. The lowest BCUT2D eigenvalue weighted by molar-refractivity contribution is 0.178. The van der Waals surface area contributed by atoms with Gasteiger partial charge < -0.3 is 5.32 Å². The zero-order valence-corrected chi connectivity index (χ0v) is 12.9. The fourth-order valence-corrected chi connectivity index (χ4v) is 2.92. The van der Waals surface area contributed by atoms with Crippen molar-refractivity contribution < 1.29 is 0 Å². The summed E-state index contributed by atoms with van der Waals surface area (Å²) in [5.41, 5.74) is 1.41. The zero-order valence-electron chi connectivity index (χ0n) is 11.3. The number of nitrogens with zero attached hydrogens (tertiary/aromatic N) is 1. The number of piperidine rings is 1. The number of nitrogens with one attached hydrogen (secondary N) is 1. The van der Waals surface area contributed by atoms with Crippen LogP contribution in [0, 0.1) is 0 Å². The van der Waals surface area contributed by atoms with Gasteiger partial charge in [0.25, 0.3) is 0 Å². The molecule has 2 rings (SSSR count). The summed E-state index contributed by atoms with van der Waals surface area (Å²) in [4.78, 5) is 2.56. The number of benzene rings is 1. The van der Waals surface area contributed by atoms with Crippen LogP contribution in [-0.2, 0) is 6.54 Å². The lowest BCUT2D eigenvalue weighted by atomic mass is 10.0. The quantitative estimate of drug-likeness (QED) is 0.917. The van der Waals surface area contributed by atoms with Gasteiger partial charge in [-0.1, -0.05) is 41.9 Å². The van der Waals surface area contributed by atoms with Gasteiger partial charge in [-0.25, -0.2) is 0 Å². The molecule has 0 saturated carbocycles. The number of hydrogen-bond acceptors (Lipinski definition) is 2. The van der Waals surface area contributed by atoms with Crippen LogP contribution in [0.3, 0.4) is 0 Å². The molecule has 0 radical (unpaired) electrons. The van der Waals surface area contributed by atoms with Gasteiger partial charge in [0.2, 0.25) is 0 Å². The molecule has 0 aliphatic carbocycles. The second-order valence-corrected chi connectivity index (χ2v) is 6.44. The maximum atomic E-state index is 3.66. The molecule has 2 nitrogen and oxygen atoms in total. The Balaban J connectivity index is 1.87. The van der Waals surface area contributed by atoms with Crippen molar-refractivity contribution in [1.29, 1.82) is 0 Å². The third-order valence-corrected chi connectivity index (χ3v) is 3.92. The van der Waals surface area contributed by atoms with Crippen molar-refractivity contribution in [2.24, 2.45) is 0 Å². The first kappa shape index (κ1) is 14.0. The van der Waals surface area contributed by atoms with E-state index in [1.807, 2.05) is 0 Å². The average Bonchev–Trinajstić information content (AvgIpc) is 2.32. The Labute approximate surface area is 119 Å². The molecule has 1 fully saturated rings. The van der Waals surface area contributed by atoms with Gasteiger partial charge >= 0.3 is 0 Å². The lowest BCUT2D eigenvalue weighted by Crippen LogP contribution is -2.47. The second kappa shape index (κ2) is 6.69. The minimum atomic E-state index is 0.586. The Morgan fingerprint density at radius 2 is 2.06 bits per heavy atom. The number of hydrogen-bond donors (Lipinski definition) is 1. The van der Waals surface area contributed by atoms with Crippen molar-refractivity contribution >= 4 is 15.9 Å². The molecule has 0 aromatic heterocycles. The third kappa shape index (κ3) is 4.38. The number of halogens is 1. The first-order valence-corrected chi connectivity index (χ1v) is 7.65. The summed E-state index contributed by atoms with van der Waals surface area (Å²) >= 11 is 3.48. The summed E-state index contributed by atoms with van der Waals surface area (Å²) in [5, 5.41) is 3.66.